The molecule has 0 saturated carbocycles. The Morgan fingerprint density at radius 1 is 1.11 bits per heavy atom. The van der Waals surface area contributed by atoms with Crippen LogP contribution in [0.2, 0.25) is 0 Å². The van der Waals surface area contributed by atoms with E-state index in [9.17, 15) is 24.6 Å². The molecule has 4 aromatic rings. The zero-order chi connectivity index (χ0) is 33.7. The molecule has 1 aromatic heterocycles. The number of para-hydroxylation sites is 1. The van der Waals surface area contributed by atoms with Gasteiger partial charge < -0.3 is 39.1 Å². The molecule has 3 atom stereocenters. The van der Waals surface area contributed by atoms with Gasteiger partial charge in [-0.25, -0.2) is 4.39 Å². The first-order valence-corrected chi connectivity index (χ1v) is 15.6. The first kappa shape index (κ1) is 33.9. The lowest BCUT2D eigenvalue weighted by Crippen LogP contribution is -2.54. The number of nitrogens with zero attached hydrogens (tertiary/aromatic N) is 1. The lowest BCUT2D eigenvalue weighted by molar-refractivity contribution is -0.118. The molecule has 0 fully saturated rings. The van der Waals surface area contributed by atoms with Crippen molar-refractivity contribution in [1.29, 1.82) is 0 Å². The Hall–Kier alpha value is -4.47. The number of hydrogen-bond acceptors (Lipinski definition) is 9. The molecular formula is C34H32FIN2O9. The largest absolute Gasteiger partial charge is 0.493 e. The van der Waals surface area contributed by atoms with E-state index in [2.05, 4.69) is 5.32 Å². The number of rotatable bonds is 12. The summed E-state index contributed by atoms with van der Waals surface area (Å²) in [5.74, 6) is -1.06. The zero-order valence-electron chi connectivity index (χ0n) is 25.4. The van der Waals surface area contributed by atoms with E-state index in [-0.39, 0.29) is 54.5 Å². The summed E-state index contributed by atoms with van der Waals surface area (Å²) < 4.78 is 38.6. The maximum Gasteiger partial charge on any atom is 0.290 e. The number of ether oxygens (including phenoxy) is 3. The summed E-state index contributed by atoms with van der Waals surface area (Å²) in [5.41, 5.74) is 0.999. The van der Waals surface area contributed by atoms with Crippen LogP contribution in [-0.2, 0) is 11.3 Å². The summed E-state index contributed by atoms with van der Waals surface area (Å²) in [5, 5.41) is 24.4. The van der Waals surface area contributed by atoms with Crippen LogP contribution in [0.4, 0.5) is 4.39 Å². The van der Waals surface area contributed by atoms with Crippen molar-refractivity contribution in [2.24, 2.45) is 0 Å². The topological polar surface area (TPSA) is 148 Å². The molecule has 0 aliphatic heterocycles. The summed E-state index contributed by atoms with van der Waals surface area (Å²) in [6.07, 6.45) is -0.691. The fourth-order valence-electron chi connectivity index (χ4n) is 5.43. The van der Waals surface area contributed by atoms with Crippen LogP contribution in [0.1, 0.15) is 32.9 Å². The molecule has 2 amide bonds. The maximum absolute atomic E-state index is 15.0. The van der Waals surface area contributed by atoms with Gasteiger partial charge in [-0.05, 0) is 59.0 Å². The van der Waals surface area contributed by atoms with Gasteiger partial charge in [-0.2, -0.15) is 0 Å². The van der Waals surface area contributed by atoms with Gasteiger partial charge in [0.1, 0.15) is 24.3 Å². The number of furan rings is 1. The molecule has 3 unspecified atom stereocenters. The van der Waals surface area contributed by atoms with Crippen molar-refractivity contribution in [2.75, 3.05) is 27.4 Å². The number of hydrogen-bond donors (Lipinski definition) is 3. The van der Waals surface area contributed by atoms with Gasteiger partial charge in [0.25, 0.3) is 5.91 Å². The first-order chi connectivity index (χ1) is 22.7. The molecule has 11 nitrogen and oxygen atoms in total. The molecule has 1 aliphatic carbocycles. The van der Waals surface area contributed by atoms with Crippen LogP contribution in [0, 0.1) is 9.39 Å². The zero-order valence-corrected chi connectivity index (χ0v) is 27.6. The number of aliphatic hydroxyl groups excluding tert-OH is 2. The molecule has 1 aliphatic rings. The highest BCUT2D eigenvalue weighted by Gasteiger charge is 2.42. The van der Waals surface area contributed by atoms with Crippen molar-refractivity contribution < 1.29 is 47.6 Å². The molecule has 47 heavy (non-hydrogen) atoms. The highest BCUT2D eigenvalue weighted by molar-refractivity contribution is 14.1. The Labute approximate surface area is 283 Å². The Kier molecular flexibility index (Phi) is 10.8. The van der Waals surface area contributed by atoms with Crippen LogP contribution in [0.15, 0.2) is 76.7 Å². The van der Waals surface area contributed by atoms with E-state index in [0.717, 1.165) is 0 Å². The number of nitrogens with one attached hydrogen (secondary N) is 1. The first-order valence-electron chi connectivity index (χ1n) is 14.6. The molecule has 5 rings (SSSR count). The molecule has 0 saturated heterocycles. The second-order valence-electron chi connectivity index (χ2n) is 10.7. The highest BCUT2D eigenvalue weighted by Crippen LogP contribution is 2.38. The highest BCUT2D eigenvalue weighted by atomic mass is 127. The predicted octanol–water partition coefficient (Wildman–Crippen LogP) is 4.26. The smallest absolute Gasteiger partial charge is 0.290 e. The van der Waals surface area contributed by atoms with Gasteiger partial charge in [0.05, 0.1) is 30.4 Å². The van der Waals surface area contributed by atoms with E-state index in [1.165, 1.54) is 55.5 Å². The van der Waals surface area contributed by atoms with E-state index >= 15 is 4.39 Å². The van der Waals surface area contributed by atoms with Crippen LogP contribution >= 0.6 is 22.6 Å². The van der Waals surface area contributed by atoms with E-state index in [1.54, 1.807) is 30.3 Å². The summed E-state index contributed by atoms with van der Waals surface area (Å²) in [6.45, 7) is -0.627. The minimum absolute atomic E-state index is 0.0352. The fourth-order valence-corrected chi connectivity index (χ4v) is 6.18. The van der Waals surface area contributed by atoms with Crippen molar-refractivity contribution in [3.63, 3.8) is 0 Å². The number of benzene rings is 3. The summed E-state index contributed by atoms with van der Waals surface area (Å²) in [6, 6.07) is 14.6. The predicted molar refractivity (Wildman–Crippen MR) is 177 cm³/mol. The number of carbonyl (C=O) groups is 3. The summed E-state index contributed by atoms with van der Waals surface area (Å²) in [7, 11) is 2.87. The van der Waals surface area contributed by atoms with E-state index in [4.69, 9.17) is 18.6 Å². The summed E-state index contributed by atoms with van der Waals surface area (Å²) in [4.78, 5) is 40.3. The number of fused-ring (bicyclic) bond motifs is 1. The third-order valence-electron chi connectivity index (χ3n) is 7.75. The van der Waals surface area contributed by atoms with Gasteiger partial charge in [-0.3, -0.25) is 14.4 Å². The normalized spacial score (nSPS) is 17.5. The molecule has 0 spiro atoms. The van der Waals surface area contributed by atoms with E-state index in [0.29, 0.717) is 32.1 Å². The van der Waals surface area contributed by atoms with Gasteiger partial charge in [0, 0.05) is 41.6 Å². The molecule has 13 heteroatoms. The molecule has 0 radical (unpaired) electrons. The molecule has 3 aromatic carbocycles. The van der Waals surface area contributed by atoms with Gasteiger partial charge >= 0.3 is 0 Å². The molecule has 246 valence electrons. The SMILES string of the molecule is COc1cc(C=O)cc(I)c1OC1C=C(C(=O)NCCO)CC(N(Cc2ccccc2F)C(=O)c2cc3cccc(OC)c3o2)C1O. The Morgan fingerprint density at radius 3 is 2.57 bits per heavy atom. The van der Waals surface area contributed by atoms with Crippen LogP contribution < -0.4 is 19.5 Å². The van der Waals surface area contributed by atoms with E-state index in [1.807, 2.05) is 22.6 Å². The lowest BCUT2D eigenvalue weighted by Gasteiger charge is -2.40. The molecular weight excluding hydrogens is 726 g/mol. The van der Waals surface area contributed by atoms with Crippen molar-refractivity contribution in [2.45, 2.75) is 31.2 Å². The third kappa shape index (κ3) is 7.26. The Balaban J connectivity index is 1.60. The number of aliphatic hydroxyl groups is 2. The third-order valence-corrected chi connectivity index (χ3v) is 8.56. The average Bonchev–Trinajstić information content (AvgIpc) is 3.53. The van der Waals surface area contributed by atoms with Crippen molar-refractivity contribution in [1.82, 2.24) is 10.2 Å². The van der Waals surface area contributed by atoms with Crippen LogP contribution in [-0.4, -0.2) is 78.8 Å². The lowest BCUT2D eigenvalue weighted by atomic mass is 9.87. The second kappa shape index (κ2) is 15.0. The Bertz CT molecular complexity index is 1820. The summed E-state index contributed by atoms with van der Waals surface area (Å²) >= 11 is 1.96. The maximum atomic E-state index is 15.0. The second-order valence-corrected chi connectivity index (χ2v) is 11.8. The number of aldehydes is 1. The standard InChI is InChI=1S/C34H32FIN2O9/c1-44-26-9-5-7-20-15-29(47-31(20)26)34(43)38(17-21-6-3-4-8-23(21)35)25-14-22(33(42)37-10-11-39)16-27(30(25)41)46-32-24(36)12-19(18-40)13-28(32)45-2/h3-9,12-13,15-16,18,25,27,30,39,41H,10-11,14,17H2,1-2H3,(H,37,42). The van der Waals surface area contributed by atoms with Gasteiger partial charge in [0.15, 0.2) is 28.6 Å². The monoisotopic (exact) mass is 758 g/mol. The van der Waals surface area contributed by atoms with Crippen LogP contribution in [0.5, 0.6) is 17.2 Å². The van der Waals surface area contributed by atoms with Crippen LogP contribution in [0.3, 0.4) is 0 Å². The van der Waals surface area contributed by atoms with Gasteiger partial charge in [-0.1, -0.05) is 30.3 Å². The van der Waals surface area contributed by atoms with E-state index < -0.39 is 35.9 Å². The van der Waals surface area contributed by atoms with Gasteiger partial charge in [0.2, 0.25) is 5.91 Å². The average molecular weight is 759 g/mol. The number of carbonyl (C=O) groups excluding carboxylic acids is 3. The van der Waals surface area contributed by atoms with Crippen molar-refractivity contribution >= 4 is 51.7 Å². The minimum atomic E-state index is -1.44. The molecule has 3 N–H and O–H groups in total. The van der Waals surface area contributed by atoms with Crippen molar-refractivity contribution in [3.05, 3.63) is 98.6 Å². The number of amides is 2. The fraction of sp³-hybridized carbons (Fsp3) is 0.265. The molecule has 0 bridgehead atoms. The minimum Gasteiger partial charge on any atom is -0.493 e. The van der Waals surface area contributed by atoms with Gasteiger partial charge in [-0.15, -0.1) is 0 Å². The van der Waals surface area contributed by atoms with Crippen LogP contribution in [0.25, 0.3) is 11.0 Å². The number of halogens is 2. The van der Waals surface area contributed by atoms with Crippen molar-refractivity contribution in [3.8, 4) is 17.2 Å². The number of methoxy groups -OCH3 is 2. The Morgan fingerprint density at radius 2 is 1.87 bits per heavy atom. The quantitative estimate of drug-likeness (QED) is 0.143. The molecule has 1 heterocycles.